The molecule has 0 bridgehead atoms. The van der Waals surface area contributed by atoms with Crippen molar-refractivity contribution >= 4 is 17.3 Å². The van der Waals surface area contributed by atoms with Gasteiger partial charge in [0.1, 0.15) is 0 Å². The van der Waals surface area contributed by atoms with Crippen LogP contribution >= 0.6 is 0 Å². The van der Waals surface area contributed by atoms with Gasteiger partial charge in [-0.2, -0.15) is 0 Å². The van der Waals surface area contributed by atoms with Gasteiger partial charge in [0.2, 0.25) is 5.91 Å². The number of anilines is 1. The van der Waals surface area contributed by atoms with Crippen LogP contribution in [-0.2, 0) is 4.79 Å². The highest BCUT2D eigenvalue weighted by Gasteiger charge is 2.26. The summed E-state index contributed by atoms with van der Waals surface area (Å²) in [5, 5.41) is 13.7. The smallest absolute Gasteiger partial charge is 0.272 e. The van der Waals surface area contributed by atoms with E-state index in [4.69, 9.17) is 0 Å². The maximum Gasteiger partial charge on any atom is 0.272 e. The van der Waals surface area contributed by atoms with Gasteiger partial charge >= 0.3 is 0 Å². The van der Waals surface area contributed by atoms with E-state index in [9.17, 15) is 19.3 Å². The average molecular weight is 380 g/mol. The lowest BCUT2D eigenvalue weighted by molar-refractivity contribution is -0.385. The molecule has 1 aliphatic rings. The fraction of sp³-hybridized carbons (Fsp3) is 0.632. The van der Waals surface area contributed by atoms with Gasteiger partial charge in [-0.1, -0.05) is 13.8 Å². The molecule has 1 aliphatic heterocycles. The molecule has 1 aromatic carbocycles. The van der Waals surface area contributed by atoms with Gasteiger partial charge in [-0.3, -0.25) is 14.9 Å². The van der Waals surface area contributed by atoms with E-state index in [0.29, 0.717) is 38.2 Å². The summed E-state index contributed by atoms with van der Waals surface area (Å²) in [5.74, 6) is -0.585. The molecule has 0 aromatic heterocycles. The highest BCUT2D eigenvalue weighted by atomic mass is 19.1. The van der Waals surface area contributed by atoms with E-state index in [1.807, 2.05) is 4.90 Å². The van der Waals surface area contributed by atoms with Crippen LogP contribution in [0.3, 0.4) is 0 Å². The summed E-state index contributed by atoms with van der Waals surface area (Å²) in [7, 11) is 0. The molecule has 1 heterocycles. The number of amides is 1. The zero-order valence-electron chi connectivity index (χ0n) is 16.1. The first-order valence-electron chi connectivity index (χ1n) is 9.65. The van der Waals surface area contributed by atoms with Crippen molar-refractivity contribution in [1.29, 1.82) is 0 Å². The summed E-state index contributed by atoms with van der Waals surface area (Å²) >= 11 is 0. The molecule has 0 spiro atoms. The topological polar surface area (TPSA) is 78.7 Å². The molecule has 0 aliphatic carbocycles. The van der Waals surface area contributed by atoms with Crippen LogP contribution in [0.4, 0.5) is 15.8 Å². The van der Waals surface area contributed by atoms with E-state index in [-0.39, 0.29) is 17.5 Å². The predicted molar refractivity (Wildman–Crippen MR) is 103 cm³/mol. The highest BCUT2D eigenvalue weighted by Crippen LogP contribution is 2.28. The third-order valence-electron chi connectivity index (χ3n) is 5.19. The van der Waals surface area contributed by atoms with Crippen LogP contribution in [0.15, 0.2) is 18.2 Å². The van der Waals surface area contributed by atoms with Crippen molar-refractivity contribution in [2.24, 2.45) is 5.92 Å². The van der Waals surface area contributed by atoms with Crippen LogP contribution in [0.2, 0.25) is 0 Å². The first kappa shape index (κ1) is 21.1. The Morgan fingerprint density at radius 2 is 2.00 bits per heavy atom. The fourth-order valence-corrected chi connectivity index (χ4v) is 3.45. The zero-order valence-corrected chi connectivity index (χ0v) is 16.1. The van der Waals surface area contributed by atoms with Crippen LogP contribution in [0.1, 0.15) is 33.1 Å². The molecule has 27 heavy (non-hydrogen) atoms. The molecule has 0 atom stereocenters. The van der Waals surface area contributed by atoms with E-state index >= 15 is 0 Å². The maximum absolute atomic E-state index is 14.2. The summed E-state index contributed by atoms with van der Waals surface area (Å²) < 4.78 is 14.2. The number of nitro groups is 1. The van der Waals surface area contributed by atoms with Gasteiger partial charge in [-0.25, -0.2) is 4.39 Å². The van der Waals surface area contributed by atoms with Gasteiger partial charge in [0.05, 0.1) is 16.7 Å². The molecule has 0 saturated carbocycles. The standard InChI is InChI=1S/C19H29FN4O3/c1-3-22(4-2)11-5-10-21-19(25)15-8-12-23(13-9-15)18-7-6-16(24(26)27)14-17(18)20/h6-7,14-15H,3-5,8-13H2,1-2H3,(H,21,25). The van der Waals surface area contributed by atoms with Gasteiger partial charge in [0, 0.05) is 31.6 Å². The van der Waals surface area contributed by atoms with Gasteiger partial charge < -0.3 is 15.1 Å². The number of nitrogens with zero attached hydrogens (tertiary/aromatic N) is 3. The van der Waals surface area contributed by atoms with E-state index < -0.39 is 10.7 Å². The number of nitrogens with one attached hydrogen (secondary N) is 1. The first-order chi connectivity index (χ1) is 13.0. The SMILES string of the molecule is CCN(CC)CCCNC(=O)C1CCN(c2ccc([N+](=O)[O-])cc2F)CC1. The quantitative estimate of drug-likeness (QED) is 0.405. The Kier molecular flexibility index (Phi) is 7.97. The Hall–Kier alpha value is -2.22. The van der Waals surface area contributed by atoms with Gasteiger partial charge in [0.15, 0.2) is 5.82 Å². The number of piperidine rings is 1. The van der Waals surface area contributed by atoms with Gasteiger partial charge in [-0.15, -0.1) is 0 Å². The predicted octanol–water partition coefficient (Wildman–Crippen LogP) is 2.80. The van der Waals surface area contributed by atoms with Gasteiger partial charge in [0.25, 0.3) is 5.69 Å². The molecular weight excluding hydrogens is 351 g/mol. The first-order valence-corrected chi connectivity index (χ1v) is 9.65. The summed E-state index contributed by atoms with van der Waals surface area (Å²) in [6.45, 7) is 9.06. The van der Waals surface area contributed by atoms with Crippen LogP contribution in [0.25, 0.3) is 0 Å². The van der Waals surface area contributed by atoms with Crippen molar-refractivity contribution in [2.45, 2.75) is 33.1 Å². The number of halogens is 1. The molecular formula is C19H29FN4O3. The number of hydrogen-bond donors (Lipinski definition) is 1. The van der Waals surface area contributed by atoms with Crippen molar-refractivity contribution in [3.8, 4) is 0 Å². The average Bonchev–Trinajstić information content (AvgIpc) is 2.68. The lowest BCUT2D eigenvalue weighted by Crippen LogP contribution is -2.41. The second kappa shape index (κ2) is 10.2. The Labute approximate surface area is 159 Å². The summed E-state index contributed by atoms with van der Waals surface area (Å²) in [6, 6.07) is 3.71. The largest absolute Gasteiger partial charge is 0.369 e. The molecule has 8 heteroatoms. The second-order valence-corrected chi connectivity index (χ2v) is 6.83. The number of non-ortho nitro benzene ring substituents is 1. The van der Waals surface area contributed by atoms with Crippen LogP contribution in [0.5, 0.6) is 0 Å². The Bertz CT molecular complexity index is 644. The van der Waals surface area contributed by atoms with Crippen molar-refractivity contribution < 1.29 is 14.1 Å². The van der Waals surface area contributed by atoms with Crippen molar-refractivity contribution in [3.63, 3.8) is 0 Å². The van der Waals surface area contributed by atoms with E-state index in [1.165, 1.54) is 12.1 Å². The number of nitro benzene ring substituents is 1. The normalized spacial score (nSPS) is 15.2. The number of rotatable bonds is 9. The molecule has 1 saturated heterocycles. The Balaban J connectivity index is 1.78. The number of carbonyl (C=O) groups is 1. The highest BCUT2D eigenvalue weighted by molar-refractivity contribution is 5.79. The van der Waals surface area contributed by atoms with Crippen molar-refractivity contribution in [3.05, 3.63) is 34.1 Å². The summed E-state index contributed by atoms with van der Waals surface area (Å²) in [5.41, 5.74) is 0.105. The van der Waals surface area contributed by atoms with Crippen LogP contribution in [-0.4, -0.2) is 55.0 Å². The second-order valence-electron chi connectivity index (χ2n) is 6.83. The minimum Gasteiger partial charge on any atom is -0.369 e. The summed E-state index contributed by atoms with van der Waals surface area (Å²) in [4.78, 5) is 26.6. The molecule has 0 unspecified atom stereocenters. The number of benzene rings is 1. The molecule has 7 nitrogen and oxygen atoms in total. The van der Waals surface area contributed by atoms with Gasteiger partial charge in [-0.05, 0) is 45.0 Å². The lowest BCUT2D eigenvalue weighted by atomic mass is 9.95. The molecule has 2 rings (SSSR count). The summed E-state index contributed by atoms with van der Waals surface area (Å²) in [6.07, 6.45) is 2.23. The number of hydrogen-bond acceptors (Lipinski definition) is 5. The Morgan fingerprint density at radius 1 is 1.33 bits per heavy atom. The van der Waals surface area contributed by atoms with Crippen LogP contribution in [0, 0.1) is 21.8 Å². The zero-order chi connectivity index (χ0) is 19.8. The Morgan fingerprint density at radius 3 is 2.56 bits per heavy atom. The maximum atomic E-state index is 14.2. The van der Waals surface area contributed by atoms with Crippen molar-refractivity contribution in [1.82, 2.24) is 10.2 Å². The monoisotopic (exact) mass is 380 g/mol. The molecule has 1 fully saturated rings. The third kappa shape index (κ3) is 5.89. The van der Waals surface area contributed by atoms with Crippen LogP contribution < -0.4 is 10.2 Å². The van der Waals surface area contributed by atoms with Crippen molar-refractivity contribution in [2.75, 3.05) is 44.2 Å². The molecule has 1 N–H and O–H groups in total. The lowest BCUT2D eigenvalue weighted by Gasteiger charge is -2.33. The minimum atomic E-state index is -0.607. The van der Waals surface area contributed by atoms with E-state index in [1.54, 1.807) is 0 Å². The third-order valence-corrected chi connectivity index (χ3v) is 5.19. The van der Waals surface area contributed by atoms with E-state index in [2.05, 4.69) is 24.1 Å². The molecule has 0 radical (unpaired) electrons. The molecule has 1 amide bonds. The molecule has 1 aromatic rings. The van der Waals surface area contributed by atoms with E-state index in [0.717, 1.165) is 32.1 Å². The fourth-order valence-electron chi connectivity index (χ4n) is 3.45. The minimum absolute atomic E-state index is 0.0594. The molecule has 150 valence electrons. The number of carbonyl (C=O) groups excluding carboxylic acids is 1.